The van der Waals surface area contributed by atoms with Crippen LogP contribution in [0.25, 0.3) is 11.4 Å². The molecular formula is C11H11Cl2N3O2. The first-order valence-electron chi connectivity index (χ1n) is 5.29. The molecular weight excluding hydrogens is 277 g/mol. The molecule has 0 saturated carbocycles. The predicted molar refractivity (Wildman–Crippen MR) is 68.4 cm³/mol. The monoisotopic (exact) mass is 287 g/mol. The number of aliphatic hydroxyl groups excluding tert-OH is 1. The standard InChI is InChI=1S/C11H11Cl2N3O2/c12-7-2-1-6(5-8(7)13)10-15-11(18-16-10)9(17)3-4-14/h1-2,5,9,17H,3-4,14H2. The van der Waals surface area contributed by atoms with Crippen LogP contribution >= 0.6 is 23.2 Å². The van der Waals surface area contributed by atoms with Crippen LogP contribution in [-0.2, 0) is 0 Å². The fourth-order valence-corrected chi connectivity index (χ4v) is 1.70. The van der Waals surface area contributed by atoms with Crippen molar-refractivity contribution in [3.05, 3.63) is 34.1 Å². The zero-order valence-corrected chi connectivity index (χ0v) is 10.8. The lowest BCUT2D eigenvalue weighted by molar-refractivity contribution is 0.127. The van der Waals surface area contributed by atoms with Crippen LogP contribution in [0.4, 0.5) is 0 Å². The van der Waals surface area contributed by atoms with Crippen molar-refractivity contribution in [1.82, 2.24) is 10.1 Å². The highest BCUT2D eigenvalue weighted by atomic mass is 35.5. The Hall–Kier alpha value is -1.14. The first kappa shape index (κ1) is 13.3. The molecule has 18 heavy (non-hydrogen) atoms. The number of halogens is 2. The number of nitrogens with zero attached hydrogens (tertiary/aromatic N) is 2. The molecule has 0 spiro atoms. The Balaban J connectivity index is 2.26. The van der Waals surface area contributed by atoms with Gasteiger partial charge in [0.25, 0.3) is 5.89 Å². The summed E-state index contributed by atoms with van der Waals surface area (Å²) in [6.45, 7) is 0.339. The average Bonchev–Trinajstić information content (AvgIpc) is 2.82. The van der Waals surface area contributed by atoms with E-state index >= 15 is 0 Å². The summed E-state index contributed by atoms with van der Waals surface area (Å²) in [5, 5.41) is 14.3. The smallest absolute Gasteiger partial charge is 0.255 e. The third kappa shape index (κ3) is 2.81. The third-order valence-electron chi connectivity index (χ3n) is 2.34. The molecule has 0 aliphatic heterocycles. The Morgan fingerprint density at radius 2 is 2.11 bits per heavy atom. The molecule has 0 aliphatic rings. The number of aliphatic hydroxyl groups is 1. The Bertz CT molecular complexity index is 545. The van der Waals surface area contributed by atoms with E-state index in [0.29, 0.717) is 34.4 Å². The maximum Gasteiger partial charge on any atom is 0.255 e. The van der Waals surface area contributed by atoms with Crippen molar-refractivity contribution in [2.45, 2.75) is 12.5 Å². The molecule has 0 radical (unpaired) electrons. The topological polar surface area (TPSA) is 85.2 Å². The second-order valence-electron chi connectivity index (χ2n) is 3.68. The summed E-state index contributed by atoms with van der Waals surface area (Å²) in [5.41, 5.74) is 6.01. The van der Waals surface area contributed by atoms with E-state index in [1.165, 1.54) is 0 Å². The number of rotatable bonds is 4. The lowest BCUT2D eigenvalue weighted by Gasteiger charge is -2.01. The van der Waals surface area contributed by atoms with Gasteiger partial charge in [0.2, 0.25) is 5.82 Å². The third-order valence-corrected chi connectivity index (χ3v) is 3.08. The van der Waals surface area contributed by atoms with Gasteiger partial charge < -0.3 is 15.4 Å². The summed E-state index contributed by atoms with van der Waals surface area (Å²) in [7, 11) is 0. The van der Waals surface area contributed by atoms with Crippen molar-refractivity contribution < 1.29 is 9.63 Å². The number of nitrogens with two attached hydrogens (primary N) is 1. The van der Waals surface area contributed by atoms with Crippen LogP contribution in [0.15, 0.2) is 22.7 Å². The van der Waals surface area contributed by atoms with E-state index < -0.39 is 6.10 Å². The normalized spacial score (nSPS) is 12.7. The van der Waals surface area contributed by atoms with E-state index in [2.05, 4.69) is 10.1 Å². The minimum Gasteiger partial charge on any atom is -0.383 e. The maximum atomic E-state index is 9.66. The van der Waals surface area contributed by atoms with Gasteiger partial charge in [-0.3, -0.25) is 0 Å². The summed E-state index contributed by atoms with van der Waals surface area (Å²) >= 11 is 11.7. The molecule has 1 unspecified atom stereocenters. The Morgan fingerprint density at radius 1 is 1.33 bits per heavy atom. The summed E-state index contributed by atoms with van der Waals surface area (Å²) in [6.07, 6.45) is -0.484. The van der Waals surface area contributed by atoms with E-state index in [0.717, 1.165) is 0 Å². The lowest BCUT2D eigenvalue weighted by Crippen LogP contribution is -2.06. The van der Waals surface area contributed by atoms with Gasteiger partial charge in [-0.15, -0.1) is 0 Å². The second kappa shape index (κ2) is 5.67. The highest BCUT2D eigenvalue weighted by Crippen LogP contribution is 2.27. The van der Waals surface area contributed by atoms with Crippen molar-refractivity contribution in [2.75, 3.05) is 6.54 Å². The fraction of sp³-hybridized carbons (Fsp3) is 0.273. The van der Waals surface area contributed by atoms with Crippen molar-refractivity contribution in [2.24, 2.45) is 5.73 Å². The van der Waals surface area contributed by atoms with Crippen LogP contribution < -0.4 is 5.73 Å². The molecule has 0 bridgehead atoms. The van der Waals surface area contributed by atoms with Gasteiger partial charge in [0.15, 0.2) is 0 Å². The maximum absolute atomic E-state index is 9.66. The molecule has 0 saturated heterocycles. The number of aromatic nitrogens is 2. The van der Waals surface area contributed by atoms with Crippen LogP contribution in [0.2, 0.25) is 10.0 Å². The molecule has 2 rings (SSSR count). The minimum atomic E-state index is -0.848. The van der Waals surface area contributed by atoms with Gasteiger partial charge in [-0.1, -0.05) is 28.4 Å². The predicted octanol–water partition coefficient (Wildman–Crippen LogP) is 2.43. The van der Waals surface area contributed by atoms with Crippen molar-refractivity contribution >= 4 is 23.2 Å². The van der Waals surface area contributed by atoms with Crippen molar-refractivity contribution in [3.63, 3.8) is 0 Å². The number of hydrogen-bond donors (Lipinski definition) is 2. The van der Waals surface area contributed by atoms with Crippen LogP contribution in [0.3, 0.4) is 0 Å². The quantitative estimate of drug-likeness (QED) is 0.902. The summed E-state index contributed by atoms with van der Waals surface area (Å²) < 4.78 is 4.96. The molecule has 0 aliphatic carbocycles. The largest absolute Gasteiger partial charge is 0.383 e. The highest BCUT2D eigenvalue weighted by molar-refractivity contribution is 6.42. The molecule has 0 amide bonds. The Kier molecular flexibility index (Phi) is 4.19. The Labute approximate surface area is 114 Å². The van der Waals surface area contributed by atoms with Gasteiger partial charge in [0.05, 0.1) is 10.0 Å². The first-order valence-corrected chi connectivity index (χ1v) is 6.04. The van der Waals surface area contributed by atoms with Gasteiger partial charge in [0.1, 0.15) is 6.10 Å². The van der Waals surface area contributed by atoms with Gasteiger partial charge >= 0.3 is 0 Å². The van der Waals surface area contributed by atoms with E-state index in [9.17, 15) is 5.11 Å². The zero-order valence-electron chi connectivity index (χ0n) is 9.31. The van der Waals surface area contributed by atoms with Crippen LogP contribution in [0, 0.1) is 0 Å². The highest BCUT2D eigenvalue weighted by Gasteiger charge is 2.16. The molecule has 7 heteroatoms. The van der Waals surface area contributed by atoms with Gasteiger partial charge in [0, 0.05) is 5.56 Å². The molecule has 96 valence electrons. The minimum absolute atomic E-state index is 0.140. The summed E-state index contributed by atoms with van der Waals surface area (Å²) in [6, 6.07) is 5.00. The molecule has 2 aromatic rings. The van der Waals surface area contributed by atoms with Crippen molar-refractivity contribution in [1.29, 1.82) is 0 Å². The molecule has 1 heterocycles. The molecule has 5 nitrogen and oxygen atoms in total. The van der Waals surface area contributed by atoms with E-state index in [4.69, 9.17) is 33.5 Å². The summed E-state index contributed by atoms with van der Waals surface area (Å²) in [4.78, 5) is 4.08. The van der Waals surface area contributed by atoms with E-state index in [-0.39, 0.29) is 5.89 Å². The van der Waals surface area contributed by atoms with E-state index in [1.807, 2.05) is 0 Å². The van der Waals surface area contributed by atoms with Crippen LogP contribution in [0.5, 0.6) is 0 Å². The second-order valence-corrected chi connectivity index (χ2v) is 4.49. The van der Waals surface area contributed by atoms with Crippen LogP contribution in [0.1, 0.15) is 18.4 Å². The van der Waals surface area contributed by atoms with E-state index in [1.54, 1.807) is 18.2 Å². The molecule has 1 aromatic carbocycles. The van der Waals surface area contributed by atoms with Crippen LogP contribution in [-0.4, -0.2) is 21.8 Å². The number of benzene rings is 1. The van der Waals surface area contributed by atoms with Crippen molar-refractivity contribution in [3.8, 4) is 11.4 Å². The van der Waals surface area contributed by atoms with Gasteiger partial charge in [-0.2, -0.15) is 4.98 Å². The summed E-state index contributed by atoms with van der Waals surface area (Å²) in [5.74, 6) is 0.487. The molecule has 0 fully saturated rings. The SMILES string of the molecule is NCCC(O)c1nc(-c2ccc(Cl)c(Cl)c2)no1. The Morgan fingerprint density at radius 3 is 2.78 bits per heavy atom. The van der Waals surface area contributed by atoms with Gasteiger partial charge in [-0.05, 0) is 31.2 Å². The number of hydrogen-bond acceptors (Lipinski definition) is 5. The lowest BCUT2D eigenvalue weighted by atomic mass is 10.2. The molecule has 1 atom stereocenters. The zero-order chi connectivity index (χ0) is 13.1. The van der Waals surface area contributed by atoms with Gasteiger partial charge in [-0.25, -0.2) is 0 Å². The molecule has 1 aromatic heterocycles. The first-order chi connectivity index (χ1) is 8.61. The molecule has 3 N–H and O–H groups in total. The average molecular weight is 288 g/mol. The fourth-order valence-electron chi connectivity index (χ4n) is 1.40.